The third-order valence-electron chi connectivity index (χ3n) is 4.22. The maximum absolute atomic E-state index is 13.6. The van der Waals surface area contributed by atoms with Crippen LogP contribution >= 0.6 is 0 Å². The molecule has 0 aliphatic heterocycles. The Balaban J connectivity index is 1.70. The molecule has 1 aliphatic rings. The Labute approximate surface area is 129 Å². The Morgan fingerprint density at radius 2 is 1.86 bits per heavy atom. The second-order valence-electron chi connectivity index (χ2n) is 5.58. The summed E-state index contributed by atoms with van der Waals surface area (Å²) in [4.78, 5) is 12.5. The van der Waals surface area contributed by atoms with Crippen molar-refractivity contribution in [3.63, 3.8) is 0 Å². The zero-order valence-electron chi connectivity index (χ0n) is 12.4. The lowest BCUT2D eigenvalue weighted by atomic mass is 9.95. The van der Waals surface area contributed by atoms with E-state index in [0.29, 0.717) is 5.56 Å². The van der Waals surface area contributed by atoms with Gasteiger partial charge in [0.2, 0.25) is 5.91 Å². The van der Waals surface area contributed by atoms with Crippen LogP contribution in [0.2, 0.25) is 0 Å². The smallest absolute Gasteiger partial charge is 0.230 e. The monoisotopic (exact) mass is 299 g/mol. The zero-order valence-corrected chi connectivity index (χ0v) is 12.4. The molecule has 0 spiro atoms. The highest BCUT2D eigenvalue weighted by molar-refractivity contribution is 5.91. The van der Waals surface area contributed by atoms with Gasteiger partial charge in [0.1, 0.15) is 11.6 Å². The van der Waals surface area contributed by atoms with Crippen LogP contribution in [-0.2, 0) is 16.8 Å². The Bertz CT molecular complexity index is 678. The van der Waals surface area contributed by atoms with E-state index in [1.165, 1.54) is 6.07 Å². The van der Waals surface area contributed by atoms with Gasteiger partial charge in [0.25, 0.3) is 0 Å². The third kappa shape index (κ3) is 2.69. The molecule has 1 amide bonds. The second kappa shape index (κ2) is 5.79. The quantitative estimate of drug-likeness (QED) is 0.921. The summed E-state index contributed by atoms with van der Waals surface area (Å²) in [5, 5.41) is 2.86. The maximum atomic E-state index is 13.6. The van der Waals surface area contributed by atoms with Gasteiger partial charge in [0, 0.05) is 12.1 Å². The summed E-state index contributed by atoms with van der Waals surface area (Å²) in [5.41, 5.74) is 1.03. The fraction of sp³-hybridized carbons (Fsp3) is 0.278. The van der Waals surface area contributed by atoms with Crippen LogP contribution in [0.4, 0.5) is 4.39 Å². The van der Waals surface area contributed by atoms with Gasteiger partial charge in [-0.2, -0.15) is 0 Å². The first kappa shape index (κ1) is 14.6. The minimum Gasteiger partial charge on any atom is -0.497 e. The molecule has 22 heavy (non-hydrogen) atoms. The van der Waals surface area contributed by atoms with Crippen LogP contribution in [0.25, 0.3) is 0 Å². The number of carbonyl (C=O) groups excluding carboxylic acids is 1. The molecule has 0 heterocycles. The molecule has 2 aromatic carbocycles. The highest BCUT2D eigenvalue weighted by Crippen LogP contribution is 2.48. The van der Waals surface area contributed by atoms with E-state index in [-0.39, 0.29) is 18.3 Å². The highest BCUT2D eigenvalue weighted by Gasteiger charge is 2.51. The number of halogens is 1. The lowest BCUT2D eigenvalue weighted by Gasteiger charge is -2.16. The van der Waals surface area contributed by atoms with Gasteiger partial charge in [-0.3, -0.25) is 4.79 Å². The predicted octanol–water partition coefficient (Wildman–Crippen LogP) is 3.18. The van der Waals surface area contributed by atoms with E-state index in [2.05, 4.69) is 5.32 Å². The van der Waals surface area contributed by atoms with Crippen molar-refractivity contribution in [2.75, 3.05) is 7.11 Å². The summed E-state index contributed by atoms with van der Waals surface area (Å²) >= 11 is 0. The van der Waals surface area contributed by atoms with Crippen LogP contribution in [0.3, 0.4) is 0 Å². The van der Waals surface area contributed by atoms with Gasteiger partial charge in [-0.1, -0.05) is 30.3 Å². The van der Waals surface area contributed by atoms with Crippen molar-refractivity contribution >= 4 is 5.91 Å². The van der Waals surface area contributed by atoms with Crippen molar-refractivity contribution in [2.24, 2.45) is 0 Å². The van der Waals surface area contributed by atoms with Crippen LogP contribution < -0.4 is 10.1 Å². The number of ether oxygens (including phenoxy) is 1. The van der Waals surface area contributed by atoms with Crippen molar-refractivity contribution in [1.82, 2.24) is 5.32 Å². The van der Waals surface area contributed by atoms with E-state index in [1.807, 2.05) is 24.3 Å². The predicted molar refractivity (Wildman–Crippen MR) is 82.2 cm³/mol. The topological polar surface area (TPSA) is 38.3 Å². The summed E-state index contributed by atoms with van der Waals surface area (Å²) in [7, 11) is 1.61. The molecule has 0 aromatic heterocycles. The Hall–Kier alpha value is -2.36. The number of methoxy groups -OCH3 is 1. The first-order valence-corrected chi connectivity index (χ1v) is 7.32. The Kier molecular flexibility index (Phi) is 3.84. The number of nitrogens with one attached hydrogen (secondary N) is 1. The van der Waals surface area contributed by atoms with Crippen molar-refractivity contribution in [3.8, 4) is 5.75 Å². The third-order valence-corrected chi connectivity index (χ3v) is 4.22. The molecule has 3 rings (SSSR count). The van der Waals surface area contributed by atoms with Crippen LogP contribution in [0, 0.1) is 5.82 Å². The van der Waals surface area contributed by atoms with Gasteiger partial charge in [-0.05, 0) is 36.6 Å². The lowest BCUT2D eigenvalue weighted by Crippen LogP contribution is -2.34. The number of carbonyl (C=O) groups is 1. The Morgan fingerprint density at radius 1 is 1.18 bits per heavy atom. The van der Waals surface area contributed by atoms with Gasteiger partial charge in [0.15, 0.2) is 0 Å². The molecule has 0 unspecified atom stereocenters. The maximum Gasteiger partial charge on any atom is 0.230 e. The van der Waals surface area contributed by atoms with E-state index >= 15 is 0 Å². The molecule has 114 valence electrons. The molecule has 0 atom stereocenters. The molecule has 1 aliphatic carbocycles. The SMILES string of the molecule is COc1ccc(C2(C(=O)NCc3ccccc3F)CC2)cc1. The van der Waals surface area contributed by atoms with E-state index in [0.717, 1.165) is 24.2 Å². The summed E-state index contributed by atoms with van der Waals surface area (Å²) < 4.78 is 18.7. The van der Waals surface area contributed by atoms with Gasteiger partial charge < -0.3 is 10.1 Å². The minimum atomic E-state index is -0.461. The zero-order chi connectivity index (χ0) is 15.6. The summed E-state index contributed by atoms with van der Waals surface area (Å²) in [6.45, 7) is 0.212. The van der Waals surface area contributed by atoms with Gasteiger partial charge in [0.05, 0.1) is 12.5 Å². The fourth-order valence-corrected chi connectivity index (χ4v) is 2.67. The molecule has 1 N–H and O–H groups in total. The highest BCUT2D eigenvalue weighted by atomic mass is 19.1. The van der Waals surface area contributed by atoms with Crippen molar-refractivity contribution < 1.29 is 13.9 Å². The van der Waals surface area contributed by atoms with Gasteiger partial charge >= 0.3 is 0 Å². The number of hydrogen-bond acceptors (Lipinski definition) is 2. The molecular formula is C18H18FNO2. The van der Waals surface area contributed by atoms with E-state index < -0.39 is 5.41 Å². The molecule has 1 fully saturated rings. The molecule has 1 saturated carbocycles. The van der Waals surface area contributed by atoms with Crippen LogP contribution in [0.1, 0.15) is 24.0 Å². The lowest BCUT2D eigenvalue weighted by molar-refractivity contribution is -0.123. The second-order valence-corrected chi connectivity index (χ2v) is 5.58. The van der Waals surface area contributed by atoms with Crippen molar-refractivity contribution in [1.29, 1.82) is 0 Å². The molecule has 2 aromatic rings. The standard InChI is InChI=1S/C18H18FNO2/c1-22-15-8-6-14(7-9-15)18(10-11-18)17(21)20-12-13-4-2-3-5-16(13)19/h2-9H,10-12H2,1H3,(H,20,21). The minimum absolute atomic E-state index is 0.0408. The average molecular weight is 299 g/mol. The molecule has 3 nitrogen and oxygen atoms in total. The van der Waals surface area contributed by atoms with Gasteiger partial charge in [-0.25, -0.2) is 4.39 Å². The van der Waals surface area contributed by atoms with Crippen molar-refractivity contribution in [2.45, 2.75) is 24.8 Å². The normalized spacial score (nSPS) is 15.2. The first-order valence-electron chi connectivity index (χ1n) is 7.32. The summed E-state index contributed by atoms with van der Waals surface area (Å²) in [5.74, 6) is 0.435. The van der Waals surface area contributed by atoms with E-state index in [4.69, 9.17) is 4.74 Å². The van der Waals surface area contributed by atoms with E-state index in [1.54, 1.807) is 25.3 Å². The molecular weight excluding hydrogens is 281 g/mol. The van der Waals surface area contributed by atoms with Crippen LogP contribution in [0.5, 0.6) is 5.75 Å². The molecule has 0 bridgehead atoms. The fourth-order valence-electron chi connectivity index (χ4n) is 2.67. The van der Waals surface area contributed by atoms with Gasteiger partial charge in [-0.15, -0.1) is 0 Å². The first-order chi connectivity index (χ1) is 10.7. The average Bonchev–Trinajstić information content (AvgIpc) is 3.36. The molecule has 4 heteroatoms. The number of rotatable bonds is 5. The number of amides is 1. The molecule has 0 saturated heterocycles. The summed E-state index contributed by atoms with van der Waals surface area (Å²) in [6.07, 6.45) is 1.64. The van der Waals surface area contributed by atoms with E-state index in [9.17, 15) is 9.18 Å². The Morgan fingerprint density at radius 3 is 2.45 bits per heavy atom. The molecule has 0 radical (unpaired) electrons. The summed E-state index contributed by atoms with van der Waals surface area (Å²) in [6, 6.07) is 14.1. The van der Waals surface area contributed by atoms with Crippen molar-refractivity contribution in [3.05, 3.63) is 65.5 Å². The number of hydrogen-bond donors (Lipinski definition) is 1. The van der Waals surface area contributed by atoms with Crippen LogP contribution in [-0.4, -0.2) is 13.0 Å². The van der Waals surface area contributed by atoms with Crippen LogP contribution in [0.15, 0.2) is 48.5 Å². The largest absolute Gasteiger partial charge is 0.497 e. The number of benzene rings is 2.